The van der Waals surface area contributed by atoms with Gasteiger partial charge in [0.05, 0.1) is 25.0 Å². The van der Waals surface area contributed by atoms with Gasteiger partial charge in [0.1, 0.15) is 12.1 Å². The van der Waals surface area contributed by atoms with Gasteiger partial charge in [-0.25, -0.2) is 9.79 Å². The Bertz CT molecular complexity index is 721. The van der Waals surface area contributed by atoms with Crippen LogP contribution in [0.2, 0.25) is 0 Å². The molecule has 6 N–H and O–H groups in total. The molecule has 0 saturated heterocycles. The standard InChI is InChI=1S/C17H30N4O4.CH4O3S/c1-5-12(6-2)25-14-9-11(16(23)24-7-3)8-13(20-10(4)22)15(14)21-17(18)19;1-5(2,3)4/h9,12-15H,5-8H2,1-4H3,(H,20,22)(H4,18,19,21);1H3,(H,2,3,4)/t13-,14+,15+;/m0./s1. The highest BCUT2D eigenvalue weighted by molar-refractivity contribution is 7.85. The summed E-state index contributed by atoms with van der Waals surface area (Å²) < 4.78 is 37.1. The van der Waals surface area contributed by atoms with E-state index in [1.807, 2.05) is 13.8 Å². The second kappa shape index (κ2) is 13.2. The van der Waals surface area contributed by atoms with Gasteiger partial charge in [-0.1, -0.05) is 13.8 Å². The minimum atomic E-state index is -3.67. The predicted octanol–water partition coefficient (Wildman–Crippen LogP) is 0.104. The van der Waals surface area contributed by atoms with Crippen molar-refractivity contribution in [3.63, 3.8) is 0 Å². The van der Waals surface area contributed by atoms with Crippen molar-refractivity contribution >= 4 is 28.0 Å². The summed E-state index contributed by atoms with van der Waals surface area (Å²) in [4.78, 5) is 28.0. The number of amides is 1. The zero-order chi connectivity index (χ0) is 23.5. The minimum absolute atomic E-state index is 0.00234. The molecule has 30 heavy (non-hydrogen) atoms. The van der Waals surface area contributed by atoms with E-state index in [1.165, 1.54) is 6.92 Å². The molecule has 1 aliphatic rings. The number of nitrogens with one attached hydrogen (secondary N) is 1. The molecular formula is C18H34N4O7S. The van der Waals surface area contributed by atoms with Gasteiger partial charge < -0.3 is 26.3 Å². The van der Waals surface area contributed by atoms with Gasteiger partial charge in [-0.3, -0.25) is 9.35 Å². The van der Waals surface area contributed by atoms with E-state index < -0.39 is 34.3 Å². The van der Waals surface area contributed by atoms with E-state index in [1.54, 1.807) is 13.0 Å². The lowest BCUT2D eigenvalue weighted by Crippen LogP contribution is -2.52. The summed E-state index contributed by atoms with van der Waals surface area (Å²) in [5.41, 5.74) is 11.6. The fourth-order valence-electron chi connectivity index (χ4n) is 2.88. The molecule has 12 heteroatoms. The van der Waals surface area contributed by atoms with Crippen LogP contribution in [0.1, 0.15) is 47.0 Å². The molecule has 0 aromatic heterocycles. The van der Waals surface area contributed by atoms with E-state index >= 15 is 0 Å². The van der Waals surface area contributed by atoms with Gasteiger partial charge in [-0.2, -0.15) is 8.42 Å². The summed E-state index contributed by atoms with van der Waals surface area (Å²) in [6.45, 7) is 7.47. The lowest BCUT2D eigenvalue weighted by atomic mass is 9.88. The average Bonchev–Trinajstić information content (AvgIpc) is 2.59. The zero-order valence-electron chi connectivity index (χ0n) is 18.1. The number of ether oxygens (including phenoxy) is 2. The van der Waals surface area contributed by atoms with Crippen molar-refractivity contribution in [1.29, 1.82) is 0 Å². The number of guanidine groups is 1. The molecule has 11 nitrogen and oxygen atoms in total. The van der Waals surface area contributed by atoms with Crippen molar-refractivity contribution in [2.75, 3.05) is 12.9 Å². The summed E-state index contributed by atoms with van der Waals surface area (Å²) >= 11 is 0. The van der Waals surface area contributed by atoms with Crippen LogP contribution in [-0.2, 0) is 29.2 Å². The Hall–Kier alpha value is -2.18. The van der Waals surface area contributed by atoms with E-state index in [9.17, 15) is 18.0 Å². The normalized spacial score (nSPS) is 21.0. The fourth-order valence-corrected chi connectivity index (χ4v) is 2.88. The molecule has 0 aliphatic heterocycles. The third kappa shape index (κ3) is 11.7. The van der Waals surface area contributed by atoms with E-state index in [0.717, 1.165) is 12.8 Å². The highest BCUT2D eigenvalue weighted by Crippen LogP contribution is 2.27. The topological polar surface area (TPSA) is 183 Å². The number of nitrogens with two attached hydrogens (primary N) is 2. The van der Waals surface area contributed by atoms with Crippen molar-refractivity contribution in [1.82, 2.24) is 5.32 Å². The monoisotopic (exact) mass is 450 g/mol. The number of rotatable bonds is 8. The first-order valence-electron chi connectivity index (χ1n) is 9.63. The van der Waals surface area contributed by atoms with Crippen molar-refractivity contribution in [2.45, 2.75) is 71.2 Å². The van der Waals surface area contributed by atoms with Crippen LogP contribution in [0, 0.1) is 0 Å². The van der Waals surface area contributed by atoms with E-state index in [2.05, 4.69) is 10.3 Å². The Labute approximate surface area is 178 Å². The average molecular weight is 451 g/mol. The summed E-state index contributed by atoms with van der Waals surface area (Å²) in [5.74, 6) is -0.738. The molecule has 0 aromatic carbocycles. The van der Waals surface area contributed by atoms with Crippen molar-refractivity contribution in [3.05, 3.63) is 11.6 Å². The first-order chi connectivity index (χ1) is 13.8. The molecule has 0 unspecified atom stereocenters. The van der Waals surface area contributed by atoms with Crippen molar-refractivity contribution in [2.24, 2.45) is 16.5 Å². The Morgan fingerprint density at radius 2 is 1.83 bits per heavy atom. The maximum absolute atomic E-state index is 12.2. The van der Waals surface area contributed by atoms with Crippen LogP contribution in [-0.4, -0.2) is 68.0 Å². The molecule has 0 radical (unpaired) electrons. The number of carbonyl (C=O) groups excluding carboxylic acids is 2. The molecule has 0 spiro atoms. The summed E-state index contributed by atoms with van der Waals surface area (Å²) in [7, 11) is -3.67. The van der Waals surface area contributed by atoms with Crippen LogP contribution in [0.4, 0.5) is 0 Å². The number of hydrogen-bond donors (Lipinski definition) is 4. The zero-order valence-corrected chi connectivity index (χ0v) is 18.9. The van der Waals surface area contributed by atoms with Crippen molar-refractivity contribution in [3.8, 4) is 0 Å². The van der Waals surface area contributed by atoms with Gasteiger partial charge in [0.15, 0.2) is 5.96 Å². The minimum Gasteiger partial charge on any atom is -0.463 e. The number of esters is 1. The molecule has 0 heterocycles. The van der Waals surface area contributed by atoms with Crippen LogP contribution < -0.4 is 16.8 Å². The second-order valence-electron chi connectivity index (χ2n) is 6.74. The van der Waals surface area contributed by atoms with Gasteiger partial charge in [-0.05, 0) is 25.8 Å². The number of hydrogen-bond acceptors (Lipinski definition) is 7. The van der Waals surface area contributed by atoms with Crippen LogP contribution in [0.3, 0.4) is 0 Å². The largest absolute Gasteiger partial charge is 0.463 e. The van der Waals surface area contributed by atoms with Gasteiger partial charge in [0.25, 0.3) is 10.1 Å². The van der Waals surface area contributed by atoms with Crippen LogP contribution in [0.5, 0.6) is 0 Å². The van der Waals surface area contributed by atoms with E-state index in [4.69, 9.17) is 25.5 Å². The number of nitrogens with zero attached hydrogens (tertiary/aromatic N) is 1. The molecule has 3 atom stereocenters. The first kappa shape index (κ1) is 27.8. The van der Waals surface area contributed by atoms with Crippen LogP contribution in [0.15, 0.2) is 16.6 Å². The summed E-state index contributed by atoms with van der Waals surface area (Å²) in [6.07, 6.45) is 3.81. The highest BCUT2D eigenvalue weighted by atomic mass is 32.2. The Kier molecular flexibility index (Phi) is 12.2. The van der Waals surface area contributed by atoms with Gasteiger partial charge in [0.2, 0.25) is 5.91 Å². The number of aliphatic imine (C=N–C) groups is 1. The van der Waals surface area contributed by atoms with Gasteiger partial charge in [0, 0.05) is 18.9 Å². The third-order valence-corrected chi connectivity index (χ3v) is 4.04. The Morgan fingerprint density at radius 1 is 1.30 bits per heavy atom. The smallest absolute Gasteiger partial charge is 0.333 e. The molecule has 0 aromatic rings. The van der Waals surface area contributed by atoms with E-state index in [0.29, 0.717) is 11.8 Å². The van der Waals surface area contributed by atoms with E-state index in [-0.39, 0.29) is 31.0 Å². The maximum atomic E-state index is 12.2. The summed E-state index contributed by atoms with van der Waals surface area (Å²) in [5, 5.41) is 2.82. The molecule has 0 bridgehead atoms. The predicted molar refractivity (Wildman–Crippen MR) is 113 cm³/mol. The second-order valence-corrected chi connectivity index (χ2v) is 8.21. The highest BCUT2D eigenvalue weighted by Gasteiger charge is 2.37. The molecule has 174 valence electrons. The third-order valence-electron chi connectivity index (χ3n) is 4.04. The SMILES string of the molecule is CCOC(=O)C1=C[C@@H](OC(CC)CC)[C@H](N=C(N)N)[C@@H](NC(C)=O)C1.CS(=O)(=O)O. The lowest BCUT2D eigenvalue weighted by Gasteiger charge is -2.36. The maximum Gasteiger partial charge on any atom is 0.333 e. The first-order valence-corrected chi connectivity index (χ1v) is 11.5. The quantitative estimate of drug-likeness (QED) is 0.172. The number of carbonyl (C=O) groups is 2. The molecule has 1 amide bonds. The van der Waals surface area contributed by atoms with Crippen LogP contribution in [0.25, 0.3) is 0 Å². The molecule has 1 rings (SSSR count). The fraction of sp³-hybridized carbons (Fsp3) is 0.722. The molecular weight excluding hydrogens is 416 g/mol. The lowest BCUT2D eigenvalue weighted by molar-refractivity contribution is -0.139. The molecule has 0 saturated carbocycles. The summed E-state index contributed by atoms with van der Waals surface area (Å²) in [6, 6.07) is -0.962. The van der Waals surface area contributed by atoms with Crippen LogP contribution >= 0.6 is 0 Å². The molecule has 0 fully saturated rings. The Balaban J connectivity index is 0.00000150. The van der Waals surface area contributed by atoms with Gasteiger partial charge >= 0.3 is 5.97 Å². The van der Waals surface area contributed by atoms with Crippen molar-refractivity contribution < 1.29 is 32.0 Å². The van der Waals surface area contributed by atoms with Gasteiger partial charge in [-0.15, -0.1) is 0 Å². The molecule has 1 aliphatic carbocycles. The Morgan fingerprint density at radius 3 is 2.23 bits per heavy atom.